The quantitative estimate of drug-likeness (QED) is 0.744. The van der Waals surface area contributed by atoms with Crippen LogP contribution in [0.2, 0.25) is 0 Å². The molecule has 0 aliphatic heterocycles. The maximum Gasteiger partial charge on any atom is 0.232 e. The summed E-state index contributed by atoms with van der Waals surface area (Å²) in [5.74, 6) is -0.198. The monoisotopic (exact) mass is 348 g/mol. The topological polar surface area (TPSA) is 94.6 Å². The molecule has 1 unspecified atom stereocenters. The molecule has 0 aromatic heterocycles. The third-order valence-corrected chi connectivity index (χ3v) is 5.56. The van der Waals surface area contributed by atoms with Crippen LogP contribution in [0.25, 0.3) is 0 Å². The molecule has 0 radical (unpaired) electrons. The second-order valence-corrected chi connectivity index (χ2v) is 8.38. The van der Waals surface area contributed by atoms with Crippen molar-refractivity contribution >= 4 is 30.8 Å². The molecule has 0 aliphatic rings. The van der Waals surface area contributed by atoms with Gasteiger partial charge in [0.2, 0.25) is 11.1 Å². The number of hydrogen-bond donors (Lipinski definition) is 0. The molecule has 0 spiro atoms. The second kappa shape index (κ2) is 6.37. The van der Waals surface area contributed by atoms with Crippen molar-refractivity contribution in [2.45, 2.75) is 9.79 Å². The van der Waals surface area contributed by atoms with Gasteiger partial charge >= 0.3 is 0 Å². The standard InChI is InChI=1S/C12H12O6S3/c1-4-19(13)18-10-7-11(20(14,15)5-2)9-12(8-10)21(16,17)6-3/h4-9H,1-3H2. The van der Waals surface area contributed by atoms with Gasteiger partial charge in [0.1, 0.15) is 5.75 Å². The third-order valence-electron chi connectivity index (χ3n) is 2.26. The van der Waals surface area contributed by atoms with Crippen LogP contribution < -0.4 is 4.18 Å². The zero-order chi connectivity index (χ0) is 16.3. The molecule has 1 aromatic carbocycles. The molecule has 6 nitrogen and oxygen atoms in total. The van der Waals surface area contributed by atoms with Crippen LogP contribution in [0.15, 0.2) is 64.0 Å². The first-order valence-electron chi connectivity index (χ1n) is 5.28. The van der Waals surface area contributed by atoms with E-state index in [9.17, 15) is 21.0 Å². The van der Waals surface area contributed by atoms with Gasteiger partial charge in [-0.3, -0.25) is 0 Å². The first-order valence-corrected chi connectivity index (χ1v) is 9.51. The van der Waals surface area contributed by atoms with E-state index in [0.29, 0.717) is 10.8 Å². The minimum atomic E-state index is -3.89. The molecule has 0 aliphatic carbocycles. The maximum absolute atomic E-state index is 11.8. The lowest BCUT2D eigenvalue weighted by atomic mass is 10.3. The van der Waals surface area contributed by atoms with Crippen LogP contribution in [0.5, 0.6) is 5.75 Å². The van der Waals surface area contributed by atoms with Crippen molar-refractivity contribution in [2.75, 3.05) is 0 Å². The zero-order valence-electron chi connectivity index (χ0n) is 10.8. The summed E-state index contributed by atoms with van der Waals surface area (Å²) < 4.78 is 63.3. The number of benzene rings is 1. The highest BCUT2D eigenvalue weighted by Gasteiger charge is 2.19. The average Bonchev–Trinajstić information content (AvgIpc) is 2.46. The van der Waals surface area contributed by atoms with Crippen molar-refractivity contribution < 1.29 is 25.2 Å². The Hall–Kier alpha value is -1.71. The van der Waals surface area contributed by atoms with Crippen molar-refractivity contribution in [1.29, 1.82) is 0 Å². The van der Waals surface area contributed by atoms with Gasteiger partial charge in [-0.1, -0.05) is 19.7 Å². The van der Waals surface area contributed by atoms with Gasteiger partial charge in [0, 0.05) is 28.4 Å². The molecule has 21 heavy (non-hydrogen) atoms. The summed E-state index contributed by atoms with van der Waals surface area (Å²) in [6.07, 6.45) is 0. The predicted octanol–water partition coefficient (Wildman–Crippen LogP) is 1.71. The Bertz CT molecular complexity index is 762. The van der Waals surface area contributed by atoms with Crippen molar-refractivity contribution in [3.05, 3.63) is 54.2 Å². The Balaban J connectivity index is 3.62. The minimum Gasteiger partial charge on any atom is -0.397 e. The Morgan fingerprint density at radius 3 is 1.67 bits per heavy atom. The number of hydrogen-bond acceptors (Lipinski definition) is 6. The van der Waals surface area contributed by atoms with E-state index in [2.05, 4.69) is 19.7 Å². The maximum atomic E-state index is 11.8. The van der Waals surface area contributed by atoms with Crippen LogP contribution in [-0.4, -0.2) is 21.0 Å². The van der Waals surface area contributed by atoms with E-state index in [1.165, 1.54) is 0 Å². The molecule has 0 saturated heterocycles. The van der Waals surface area contributed by atoms with Gasteiger partial charge in [0.15, 0.2) is 19.7 Å². The summed E-state index contributed by atoms with van der Waals surface area (Å²) in [6, 6.07) is 3.03. The Morgan fingerprint density at radius 2 is 1.33 bits per heavy atom. The van der Waals surface area contributed by atoms with Gasteiger partial charge in [-0.25, -0.2) is 21.0 Å². The second-order valence-electron chi connectivity index (χ2n) is 3.57. The van der Waals surface area contributed by atoms with E-state index in [1.807, 2.05) is 0 Å². The highest BCUT2D eigenvalue weighted by Crippen LogP contribution is 2.26. The fourth-order valence-electron chi connectivity index (χ4n) is 1.24. The normalized spacial score (nSPS) is 13.1. The molecule has 114 valence electrons. The molecular weight excluding hydrogens is 336 g/mol. The molecule has 1 aromatic rings. The predicted molar refractivity (Wildman–Crippen MR) is 80.2 cm³/mol. The minimum absolute atomic E-state index is 0.198. The van der Waals surface area contributed by atoms with E-state index in [0.717, 1.165) is 23.6 Å². The first kappa shape index (κ1) is 17.3. The van der Waals surface area contributed by atoms with Crippen molar-refractivity contribution in [1.82, 2.24) is 0 Å². The summed E-state index contributed by atoms with van der Waals surface area (Å²) in [7, 11) is -7.79. The van der Waals surface area contributed by atoms with Crippen molar-refractivity contribution in [3.63, 3.8) is 0 Å². The van der Waals surface area contributed by atoms with Crippen LogP contribution in [-0.2, 0) is 30.8 Å². The highest BCUT2D eigenvalue weighted by molar-refractivity contribution is 7.95. The zero-order valence-corrected chi connectivity index (χ0v) is 13.2. The van der Waals surface area contributed by atoms with E-state index < -0.39 is 30.8 Å². The molecule has 1 rings (SSSR count). The van der Waals surface area contributed by atoms with E-state index in [4.69, 9.17) is 4.18 Å². The molecule has 1 atom stereocenters. The Morgan fingerprint density at radius 1 is 0.905 bits per heavy atom. The van der Waals surface area contributed by atoms with Gasteiger partial charge in [0.25, 0.3) is 0 Å². The van der Waals surface area contributed by atoms with Crippen LogP contribution in [0.1, 0.15) is 0 Å². The highest BCUT2D eigenvalue weighted by atomic mass is 32.2. The number of rotatable bonds is 7. The SMILES string of the molecule is C=CS(=O)Oc1cc(S(=O)(=O)C=C)cc(S(=O)(=O)C=C)c1. The van der Waals surface area contributed by atoms with Crippen LogP contribution in [0.3, 0.4) is 0 Å². The average molecular weight is 348 g/mol. The summed E-state index contributed by atoms with van der Waals surface area (Å²) in [5, 5.41) is 2.30. The van der Waals surface area contributed by atoms with Gasteiger partial charge in [-0.2, -0.15) is 0 Å². The molecular formula is C12H12O6S3. The molecule has 0 N–H and O–H groups in total. The van der Waals surface area contributed by atoms with Gasteiger partial charge in [0.05, 0.1) is 9.79 Å². The summed E-state index contributed by atoms with van der Waals surface area (Å²) >= 11 is -1.93. The molecule has 0 amide bonds. The molecule has 9 heteroatoms. The van der Waals surface area contributed by atoms with Gasteiger partial charge < -0.3 is 4.18 Å². The lowest BCUT2D eigenvalue weighted by Gasteiger charge is -2.08. The van der Waals surface area contributed by atoms with Gasteiger partial charge in [-0.05, 0) is 6.07 Å². The largest absolute Gasteiger partial charge is 0.397 e. The van der Waals surface area contributed by atoms with E-state index in [1.54, 1.807) is 0 Å². The molecule has 0 saturated carbocycles. The van der Waals surface area contributed by atoms with Crippen LogP contribution >= 0.6 is 0 Å². The molecule has 0 heterocycles. The van der Waals surface area contributed by atoms with E-state index >= 15 is 0 Å². The van der Waals surface area contributed by atoms with Gasteiger partial charge in [-0.15, -0.1) is 0 Å². The summed E-state index contributed by atoms with van der Waals surface area (Å²) in [6.45, 7) is 9.54. The number of sulfone groups is 2. The third kappa shape index (κ3) is 4.13. The fourth-order valence-corrected chi connectivity index (χ4v) is 3.20. The molecule has 0 fully saturated rings. The van der Waals surface area contributed by atoms with Crippen molar-refractivity contribution in [2.24, 2.45) is 0 Å². The first-order chi connectivity index (χ1) is 9.66. The summed E-state index contributed by atoms with van der Waals surface area (Å²) in [4.78, 5) is -0.701. The fraction of sp³-hybridized carbons (Fsp3) is 0. The van der Waals surface area contributed by atoms with Crippen molar-refractivity contribution in [3.8, 4) is 5.75 Å². The van der Waals surface area contributed by atoms with Crippen LogP contribution in [0.4, 0.5) is 0 Å². The molecule has 0 bridgehead atoms. The van der Waals surface area contributed by atoms with E-state index in [-0.39, 0.29) is 15.5 Å². The Kier molecular flexibility index (Phi) is 5.26. The lowest BCUT2D eigenvalue weighted by molar-refractivity contribution is 0.564. The smallest absolute Gasteiger partial charge is 0.232 e. The lowest BCUT2D eigenvalue weighted by Crippen LogP contribution is -2.04. The summed E-state index contributed by atoms with van der Waals surface area (Å²) in [5.41, 5.74) is 0. The van der Waals surface area contributed by atoms with Crippen LogP contribution in [0, 0.1) is 0 Å². The Labute approximate surface area is 125 Å².